The maximum absolute atomic E-state index is 12.5. The molecule has 1 fully saturated rings. The quantitative estimate of drug-likeness (QED) is 0.784. The third kappa shape index (κ3) is 6.09. The third-order valence-electron chi connectivity index (χ3n) is 3.65. The van der Waals surface area contributed by atoms with E-state index in [4.69, 9.17) is 5.11 Å². The predicted octanol–water partition coefficient (Wildman–Crippen LogP) is 1.68. The van der Waals surface area contributed by atoms with Crippen molar-refractivity contribution in [3.05, 3.63) is 0 Å². The van der Waals surface area contributed by atoms with Gasteiger partial charge >= 0.3 is 6.18 Å². The Kier molecular flexibility index (Phi) is 6.75. The molecule has 0 aromatic carbocycles. The molecule has 20 heavy (non-hydrogen) atoms. The number of aliphatic hydroxyl groups excluding tert-OH is 1. The molecule has 1 aliphatic carbocycles. The van der Waals surface area contributed by atoms with Crippen LogP contribution in [-0.2, 0) is 4.79 Å². The Balaban J connectivity index is 2.53. The summed E-state index contributed by atoms with van der Waals surface area (Å²) in [5.74, 6) is -0.394. The van der Waals surface area contributed by atoms with Gasteiger partial charge in [-0.25, -0.2) is 0 Å². The fraction of sp³-hybridized carbons (Fsp3) is 0.923. The van der Waals surface area contributed by atoms with Crippen molar-refractivity contribution in [3.63, 3.8) is 0 Å². The Labute approximate surface area is 117 Å². The zero-order valence-corrected chi connectivity index (χ0v) is 11.7. The molecule has 1 aliphatic rings. The van der Waals surface area contributed by atoms with Crippen molar-refractivity contribution < 1.29 is 23.1 Å². The molecular weight excluding hydrogens is 273 g/mol. The largest absolute Gasteiger partial charge is 0.401 e. The molecule has 0 spiro atoms. The van der Waals surface area contributed by atoms with Gasteiger partial charge in [0.2, 0.25) is 5.91 Å². The van der Waals surface area contributed by atoms with Gasteiger partial charge in [0.05, 0.1) is 19.2 Å². The number of nitrogens with zero attached hydrogens (tertiary/aromatic N) is 1. The summed E-state index contributed by atoms with van der Waals surface area (Å²) in [4.78, 5) is 13.0. The second-order valence-corrected chi connectivity index (χ2v) is 5.33. The van der Waals surface area contributed by atoms with E-state index < -0.39 is 31.3 Å². The number of hydrogen-bond acceptors (Lipinski definition) is 3. The van der Waals surface area contributed by atoms with Gasteiger partial charge in [0.15, 0.2) is 0 Å². The lowest BCUT2D eigenvalue weighted by molar-refractivity contribution is -0.155. The van der Waals surface area contributed by atoms with Gasteiger partial charge in [-0.2, -0.15) is 13.2 Å². The molecule has 0 radical (unpaired) electrons. The highest BCUT2D eigenvalue weighted by Crippen LogP contribution is 2.19. The number of carbonyl (C=O) groups is 1. The van der Waals surface area contributed by atoms with E-state index in [1.165, 1.54) is 6.92 Å². The van der Waals surface area contributed by atoms with Crippen LogP contribution in [0.2, 0.25) is 0 Å². The van der Waals surface area contributed by atoms with Gasteiger partial charge in [0.1, 0.15) is 0 Å². The molecule has 7 heteroatoms. The molecule has 0 saturated heterocycles. The summed E-state index contributed by atoms with van der Waals surface area (Å²) in [6.07, 6.45) is 0.626. The van der Waals surface area contributed by atoms with Crippen LogP contribution in [0.5, 0.6) is 0 Å². The molecule has 1 amide bonds. The molecule has 2 N–H and O–H groups in total. The zero-order valence-electron chi connectivity index (χ0n) is 11.7. The topological polar surface area (TPSA) is 52.6 Å². The summed E-state index contributed by atoms with van der Waals surface area (Å²) in [6, 6.07) is -0.828. The van der Waals surface area contributed by atoms with Crippen LogP contribution in [0.4, 0.5) is 13.2 Å². The second-order valence-electron chi connectivity index (χ2n) is 5.33. The highest BCUT2D eigenvalue weighted by Gasteiger charge is 2.34. The number of alkyl halides is 3. The van der Waals surface area contributed by atoms with E-state index in [1.54, 1.807) is 0 Å². The lowest BCUT2D eigenvalue weighted by atomic mass is 9.95. The standard InChI is InChI=1S/C13H23F3N2O2/c1-10(18(7-8-19)9-13(14,15)16)12(20)17-11-5-3-2-4-6-11/h10-11,19H,2-9H2,1H3,(H,17,20). The number of amides is 1. The average molecular weight is 296 g/mol. The molecule has 118 valence electrons. The van der Waals surface area contributed by atoms with Crippen LogP contribution in [0.3, 0.4) is 0 Å². The van der Waals surface area contributed by atoms with Gasteiger partial charge in [0, 0.05) is 12.6 Å². The molecular formula is C13H23F3N2O2. The van der Waals surface area contributed by atoms with Crippen molar-refractivity contribution in [1.82, 2.24) is 10.2 Å². The maximum Gasteiger partial charge on any atom is 0.401 e. The van der Waals surface area contributed by atoms with Crippen LogP contribution in [-0.4, -0.2) is 53.9 Å². The van der Waals surface area contributed by atoms with Crippen LogP contribution < -0.4 is 5.32 Å². The Bertz CT molecular complexity index is 304. The lowest BCUT2D eigenvalue weighted by Crippen LogP contribution is -2.51. The lowest BCUT2D eigenvalue weighted by Gasteiger charge is -2.30. The molecule has 0 aromatic heterocycles. The van der Waals surface area contributed by atoms with E-state index in [9.17, 15) is 18.0 Å². The first-order chi connectivity index (χ1) is 9.33. The molecule has 0 bridgehead atoms. The van der Waals surface area contributed by atoms with Crippen molar-refractivity contribution in [1.29, 1.82) is 0 Å². The number of nitrogens with one attached hydrogen (secondary N) is 1. The van der Waals surface area contributed by atoms with Gasteiger partial charge < -0.3 is 10.4 Å². The summed E-state index contributed by atoms with van der Waals surface area (Å²) >= 11 is 0. The Morgan fingerprint density at radius 3 is 2.45 bits per heavy atom. The molecule has 1 saturated carbocycles. The summed E-state index contributed by atoms with van der Waals surface area (Å²) in [5.41, 5.74) is 0. The summed E-state index contributed by atoms with van der Waals surface area (Å²) < 4.78 is 37.4. The Morgan fingerprint density at radius 2 is 1.95 bits per heavy atom. The highest BCUT2D eigenvalue weighted by molar-refractivity contribution is 5.81. The minimum Gasteiger partial charge on any atom is -0.395 e. The number of halogens is 3. The maximum atomic E-state index is 12.5. The van der Waals surface area contributed by atoms with Crippen molar-refractivity contribution in [3.8, 4) is 0 Å². The van der Waals surface area contributed by atoms with Gasteiger partial charge in [0.25, 0.3) is 0 Å². The van der Waals surface area contributed by atoms with Crippen LogP contribution in [0, 0.1) is 0 Å². The summed E-state index contributed by atoms with van der Waals surface area (Å²) in [5, 5.41) is 11.7. The van der Waals surface area contributed by atoms with Crippen LogP contribution in [0.15, 0.2) is 0 Å². The third-order valence-corrected chi connectivity index (χ3v) is 3.65. The molecule has 0 heterocycles. The molecule has 4 nitrogen and oxygen atoms in total. The van der Waals surface area contributed by atoms with E-state index in [1.807, 2.05) is 0 Å². The normalized spacial score (nSPS) is 19.1. The van der Waals surface area contributed by atoms with E-state index in [-0.39, 0.29) is 12.6 Å². The first-order valence-corrected chi connectivity index (χ1v) is 7.05. The van der Waals surface area contributed by atoms with Gasteiger partial charge in [-0.3, -0.25) is 9.69 Å². The van der Waals surface area contributed by atoms with Crippen molar-refractivity contribution in [2.45, 2.75) is 57.3 Å². The fourth-order valence-electron chi connectivity index (χ4n) is 2.50. The van der Waals surface area contributed by atoms with Crippen molar-refractivity contribution in [2.75, 3.05) is 19.7 Å². The molecule has 1 unspecified atom stereocenters. The predicted molar refractivity (Wildman–Crippen MR) is 69.2 cm³/mol. The van der Waals surface area contributed by atoms with Crippen LogP contribution in [0.25, 0.3) is 0 Å². The average Bonchev–Trinajstić information content (AvgIpc) is 2.37. The summed E-state index contributed by atoms with van der Waals surface area (Å²) in [6.45, 7) is -0.317. The molecule has 0 aromatic rings. The number of rotatable bonds is 6. The minimum atomic E-state index is -4.38. The molecule has 1 atom stereocenters. The Morgan fingerprint density at radius 1 is 1.35 bits per heavy atom. The SMILES string of the molecule is CC(C(=O)NC1CCCCC1)N(CCO)CC(F)(F)F. The van der Waals surface area contributed by atoms with Gasteiger partial charge in [-0.05, 0) is 19.8 Å². The van der Waals surface area contributed by atoms with Gasteiger partial charge in [-0.1, -0.05) is 19.3 Å². The highest BCUT2D eigenvalue weighted by atomic mass is 19.4. The summed E-state index contributed by atoms with van der Waals surface area (Å²) in [7, 11) is 0. The van der Waals surface area contributed by atoms with E-state index in [0.717, 1.165) is 37.0 Å². The number of carbonyl (C=O) groups excluding carboxylic acids is 1. The van der Waals surface area contributed by atoms with E-state index in [2.05, 4.69) is 5.32 Å². The van der Waals surface area contributed by atoms with Crippen LogP contribution >= 0.6 is 0 Å². The zero-order chi connectivity index (χ0) is 15.2. The number of aliphatic hydroxyl groups is 1. The van der Waals surface area contributed by atoms with Crippen molar-refractivity contribution in [2.24, 2.45) is 0 Å². The first kappa shape index (κ1) is 17.2. The van der Waals surface area contributed by atoms with E-state index in [0.29, 0.717) is 0 Å². The van der Waals surface area contributed by atoms with Crippen molar-refractivity contribution >= 4 is 5.91 Å². The monoisotopic (exact) mass is 296 g/mol. The molecule has 1 rings (SSSR count). The molecule has 0 aliphatic heterocycles. The van der Waals surface area contributed by atoms with Crippen LogP contribution in [0.1, 0.15) is 39.0 Å². The van der Waals surface area contributed by atoms with E-state index >= 15 is 0 Å². The van der Waals surface area contributed by atoms with Gasteiger partial charge in [-0.15, -0.1) is 0 Å². The smallest absolute Gasteiger partial charge is 0.395 e. The Hall–Kier alpha value is -0.820. The fourth-order valence-corrected chi connectivity index (χ4v) is 2.50. The number of hydrogen-bond donors (Lipinski definition) is 2. The minimum absolute atomic E-state index is 0.0700. The second kappa shape index (κ2) is 7.83. The first-order valence-electron chi connectivity index (χ1n) is 7.05.